The Morgan fingerprint density at radius 1 is 1.08 bits per heavy atom. The van der Waals surface area contributed by atoms with Crippen LogP contribution in [0.2, 0.25) is 0 Å². The molecule has 2 aromatic carbocycles. The molecule has 24 heavy (non-hydrogen) atoms. The number of amides is 1. The molecule has 0 radical (unpaired) electrons. The Morgan fingerprint density at radius 3 is 2.42 bits per heavy atom. The third-order valence-electron chi connectivity index (χ3n) is 3.34. The number of rotatable bonds is 7. The molecule has 4 nitrogen and oxygen atoms in total. The van der Waals surface area contributed by atoms with E-state index in [1.165, 1.54) is 6.92 Å². The van der Waals surface area contributed by atoms with E-state index < -0.39 is 0 Å². The lowest BCUT2D eigenvalue weighted by atomic mass is 10.1. The highest BCUT2D eigenvalue weighted by atomic mass is 16.5. The van der Waals surface area contributed by atoms with Gasteiger partial charge in [-0.3, -0.25) is 9.59 Å². The monoisotopic (exact) mass is 323 g/mol. The topological polar surface area (TPSA) is 55.4 Å². The molecule has 0 aromatic heterocycles. The highest BCUT2D eigenvalue weighted by molar-refractivity contribution is 5.98. The molecule has 0 fully saturated rings. The van der Waals surface area contributed by atoms with Gasteiger partial charge in [-0.25, -0.2) is 0 Å². The quantitative estimate of drug-likeness (QED) is 0.618. The van der Waals surface area contributed by atoms with Gasteiger partial charge in [-0.1, -0.05) is 36.9 Å². The predicted octanol–water partition coefficient (Wildman–Crippen LogP) is 4.03. The summed E-state index contributed by atoms with van der Waals surface area (Å²) >= 11 is 0. The molecule has 0 aliphatic carbocycles. The number of carbonyl (C=O) groups excluding carboxylic acids is 2. The average molecular weight is 323 g/mol. The summed E-state index contributed by atoms with van der Waals surface area (Å²) in [5, 5.41) is 2.83. The van der Waals surface area contributed by atoms with Gasteiger partial charge in [0.25, 0.3) is 0 Å². The van der Waals surface area contributed by atoms with E-state index in [9.17, 15) is 9.59 Å². The van der Waals surface area contributed by atoms with Gasteiger partial charge in [-0.05, 0) is 43.2 Å². The first kappa shape index (κ1) is 17.5. The lowest BCUT2D eigenvalue weighted by molar-refractivity contribution is -0.115. The van der Waals surface area contributed by atoms with Crippen LogP contribution < -0.4 is 10.1 Å². The molecule has 0 spiro atoms. The minimum absolute atomic E-state index is 0.0694. The van der Waals surface area contributed by atoms with E-state index in [1.54, 1.807) is 18.2 Å². The van der Waals surface area contributed by atoms with Gasteiger partial charge in [-0.2, -0.15) is 0 Å². The number of hydrogen-bond acceptors (Lipinski definition) is 3. The van der Waals surface area contributed by atoms with Crippen molar-refractivity contribution in [3.8, 4) is 5.75 Å². The van der Waals surface area contributed by atoms with Crippen molar-refractivity contribution >= 4 is 17.4 Å². The van der Waals surface area contributed by atoms with Crippen LogP contribution in [0.3, 0.4) is 0 Å². The van der Waals surface area contributed by atoms with Crippen molar-refractivity contribution in [1.29, 1.82) is 0 Å². The van der Waals surface area contributed by atoms with Crippen LogP contribution in [0, 0.1) is 0 Å². The highest BCUT2D eigenvalue weighted by Crippen LogP contribution is 2.27. The second-order valence-corrected chi connectivity index (χ2v) is 5.72. The van der Waals surface area contributed by atoms with Crippen LogP contribution >= 0.6 is 0 Å². The van der Waals surface area contributed by atoms with Gasteiger partial charge in [0.2, 0.25) is 5.91 Å². The Labute approximate surface area is 142 Å². The third-order valence-corrected chi connectivity index (χ3v) is 3.34. The second kappa shape index (κ2) is 8.11. The SMILES string of the molecule is C=C(C)COc1ccc(C(C)=O)cc1NC(=O)Cc1ccccc1. The maximum absolute atomic E-state index is 12.3. The van der Waals surface area contributed by atoms with Crippen LogP contribution in [-0.4, -0.2) is 18.3 Å². The van der Waals surface area contributed by atoms with Gasteiger partial charge in [-0.15, -0.1) is 0 Å². The first-order valence-corrected chi connectivity index (χ1v) is 7.71. The Kier molecular flexibility index (Phi) is 5.90. The summed E-state index contributed by atoms with van der Waals surface area (Å²) in [7, 11) is 0. The zero-order valence-corrected chi connectivity index (χ0v) is 14.0. The number of carbonyl (C=O) groups is 2. The number of ketones is 1. The van der Waals surface area contributed by atoms with Gasteiger partial charge in [0.15, 0.2) is 5.78 Å². The van der Waals surface area contributed by atoms with Crippen LogP contribution in [0.25, 0.3) is 0 Å². The first-order valence-electron chi connectivity index (χ1n) is 7.71. The molecule has 0 aliphatic rings. The van der Waals surface area contributed by atoms with Crippen LogP contribution in [0.1, 0.15) is 29.8 Å². The number of hydrogen-bond donors (Lipinski definition) is 1. The lowest BCUT2D eigenvalue weighted by Gasteiger charge is -2.14. The lowest BCUT2D eigenvalue weighted by Crippen LogP contribution is -2.16. The maximum atomic E-state index is 12.3. The molecule has 0 saturated carbocycles. The summed E-state index contributed by atoms with van der Waals surface area (Å²) in [4.78, 5) is 23.9. The number of nitrogens with one attached hydrogen (secondary N) is 1. The normalized spacial score (nSPS) is 10.1. The summed E-state index contributed by atoms with van der Waals surface area (Å²) in [5.74, 6) is 0.284. The van der Waals surface area contributed by atoms with E-state index in [2.05, 4.69) is 11.9 Å². The molecule has 0 heterocycles. The molecule has 0 unspecified atom stereocenters. The van der Waals surface area contributed by atoms with E-state index in [0.717, 1.165) is 11.1 Å². The molecule has 124 valence electrons. The highest BCUT2D eigenvalue weighted by Gasteiger charge is 2.12. The minimum atomic E-state index is -0.165. The Morgan fingerprint density at radius 2 is 1.79 bits per heavy atom. The summed E-state index contributed by atoms with van der Waals surface area (Å²) < 4.78 is 5.66. The summed E-state index contributed by atoms with van der Waals surface area (Å²) in [6.45, 7) is 7.49. The predicted molar refractivity (Wildman–Crippen MR) is 95.5 cm³/mol. The molecule has 2 aromatic rings. The molecule has 0 bridgehead atoms. The van der Waals surface area contributed by atoms with Crippen molar-refractivity contribution in [2.45, 2.75) is 20.3 Å². The molecule has 1 N–H and O–H groups in total. The van der Waals surface area contributed by atoms with Gasteiger partial charge in [0.05, 0.1) is 12.1 Å². The minimum Gasteiger partial charge on any atom is -0.487 e. The van der Waals surface area contributed by atoms with E-state index >= 15 is 0 Å². The van der Waals surface area contributed by atoms with Gasteiger partial charge in [0, 0.05) is 5.56 Å². The van der Waals surface area contributed by atoms with E-state index in [-0.39, 0.29) is 18.1 Å². The Bertz CT molecular complexity index is 751. The number of anilines is 1. The second-order valence-electron chi connectivity index (χ2n) is 5.72. The molecule has 0 aliphatic heterocycles. The van der Waals surface area contributed by atoms with Gasteiger partial charge >= 0.3 is 0 Å². The fourth-order valence-corrected chi connectivity index (χ4v) is 2.15. The van der Waals surface area contributed by atoms with Crippen LogP contribution in [0.15, 0.2) is 60.7 Å². The fourth-order valence-electron chi connectivity index (χ4n) is 2.15. The molecule has 4 heteroatoms. The fraction of sp³-hybridized carbons (Fsp3) is 0.200. The van der Waals surface area contributed by atoms with Crippen molar-refractivity contribution in [2.75, 3.05) is 11.9 Å². The standard InChI is InChI=1S/C20H21NO3/c1-14(2)13-24-19-10-9-17(15(3)22)12-18(19)21-20(23)11-16-7-5-4-6-8-16/h4-10,12H,1,11,13H2,2-3H3,(H,21,23). The number of ether oxygens (including phenoxy) is 1. The van der Waals surface area contributed by atoms with Crippen molar-refractivity contribution in [3.05, 3.63) is 71.8 Å². The smallest absolute Gasteiger partial charge is 0.228 e. The zero-order chi connectivity index (χ0) is 17.5. The van der Waals surface area contributed by atoms with Crippen molar-refractivity contribution in [3.63, 3.8) is 0 Å². The Balaban J connectivity index is 2.18. The summed E-state index contributed by atoms with van der Waals surface area (Å²) in [6.07, 6.45) is 0.255. The van der Waals surface area contributed by atoms with Crippen molar-refractivity contribution in [1.82, 2.24) is 0 Å². The number of Topliss-reactive ketones (excluding diaryl/α,β-unsaturated/α-hetero) is 1. The first-order chi connectivity index (χ1) is 11.5. The Hall–Kier alpha value is -2.88. The molecular formula is C20H21NO3. The third kappa shape index (κ3) is 5.09. The average Bonchev–Trinajstić information content (AvgIpc) is 2.54. The largest absolute Gasteiger partial charge is 0.487 e. The molecular weight excluding hydrogens is 302 g/mol. The van der Waals surface area contributed by atoms with Crippen LogP contribution in [0.4, 0.5) is 5.69 Å². The van der Waals surface area contributed by atoms with Gasteiger partial charge in [0.1, 0.15) is 12.4 Å². The van der Waals surface area contributed by atoms with E-state index in [4.69, 9.17) is 4.74 Å². The molecule has 2 rings (SSSR count). The molecule has 0 atom stereocenters. The zero-order valence-electron chi connectivity index (χ0n) is 14.0. The van der Waals surface area contributed by atoms with Crippen molar-refractivity contribution in [2.24, 2.45) is 0 Å². The summed E-state index contributed by atoms with van der Waals surface area (Å²) in [5.41, 5.74) is 2.80. The maximum Gasteiger partial charge on any atom is 0.228 e. The molecule has 0 saturated heterocycles. The summed E-state index contributed by atoms with van der Waals surface area (Å²) in [6, 6.07) is 14.5. The number of benzene rings is 2. The molecule has 1 amide bonds. The van der Waals surface area contributed by atoms with E-state index in [1.807, 2.05) is 37.3 Å². The van der Waals surface area contributed by atoms with Crippen LogP contribution in [0.5, 0.6) is 5.75 Å². The van der Waals surface area contributed by atoms with Crippen molar-refractivity contribution < 1.29 is 14.3 Å². The van der Waals surface area contributed by atoms with E-state index in [0.29, 0.717) is 23.6 Å². The van der Waals surface area contributed by atoms with Gasteiger partial charge < -0.3 is 10.1 Å². The van der Waals surface area contributed by atoms with Crippen LogP contribution in [-0.2, 0) is 11.2 Å².